The first kappa shape index (κ1) is 47.4. The average molecular weight is 936 g/mol. The van der Waals surface area contributed by atoms with Crippen LogP contribution in [0.3, 0.4) is 0 Å². The van der Waals surface area contributed by atoms with E-state index in [0.29, 0.717) is 12.0 Å². The summed E-state index contributed by atoms with van der Waals surface area (Å²) < 4.78 is 25.8. The van der Waals surface area contributed by atoms with E-state index in [1.165, 1.54) is 0 Å². The molecule has 358 valence electrons. The van der Waals surface area contributed by atoms with E-state index in [-0.39, 0.29) is 50.3 Å². The van der Waals surface area contributed by atoms with Crippen molar-refractivity contribution in [2.75, 3.05) is 6.61 Å². The number of amides is 2. The largest absolute Gasteiger partial charge is 0.508 e. The highest BCUT2D eigenvalue weighted by atomic mass is 16.8. The van der Waals surface area contributed by atoms with Gasteiger partial charge in [-0.05, 0) is 74.1 Å². The minimum absolute atomic E-state index is 0.00303. The minimum atomic E-state index is -1.51. The maximum absolute atomic E-state index is 15.3. The normalized spacial score (nSPS) is 24.0. The molecule has 14 nitrogen and oxygen atoms in total. The number of esters is 2. The van der Waals surface area contributed by atoms with Crippen molar-refractivity contribution in [1.29, 1.82) is 0 Å². The number of ether oxygens (including phenoxy) is 4. The molecule has 0 radical (unpaired) electrons. The zero-order chi connectivity index (χ0) is 48.3. The van der Waals surface area contributed by atoms with Crippen LogP contribution in [0.4, 0.5) is 0 Å². The number of fused-ring (bicyclic) bond motifs is 4. The molecule has 0 aromatic heterocycles. The second-order valence-electron chi connectivity index (χ2n) is 19.0. The third-order valence-electron chi connectivity index (χ3n) is 13.2. The Morgan fingerprint density at radius 1 is 0.855 bits per heavy atom. The number of phenols is 1. The number of allylic oxidation sites excluding steroid dienone is 1. The first-order chi connectivity index (χ1) is 33.3. The predicted molar refractivity (Wildman–Crippen MR) is 254 cm³/mol. The first-order valence-electron chi connectivity index (χ1n) is 23.4. The van der Waals surface area contributed by atoms with Crippen LogP contribution >= 0.6 is 0 Å². The molecule has 4 N–H and O–H groups in total. The fourth-order valence-electron chi connectivity index (χ4n) is 10.0. The lowest BCUT2D eigenvalue weighted by Gasteiger charge is -2.48. The average Bonchev–Trinajstić information content (AvgIpc) is 3.93. The van der Waals surface area contributed by atoms with Crippen molar-refractivity contribution in [2.24, 2.45) is 5.41 Å². The third-order valence-corrected chi connectivity index (χ3v) is 13.2. The van der Waals surface area contributed by atoms with E-state index in [0.717, 1.165) is 27.8 Å². The summed E-state index contributed by atoms with van der Waals surface area (Å²) in [5, 5.41) is 27.9. The number of para-hydroxylation sites is 1. The van der Waals surface area contributed by atoms with Gasteiger partial charge in [-0.15, -0.1) is 0 Å². The van der Waals surface area contributed by atoms with E-state index in [9.17, 15) is 24.6 Å². The molecular formula is C55H57N3O11. The predicted octanol–water partition coefficient (Wildman–Crippen LogP) is 6.66. The SMILES string of the molecule is CC(C)(C)OC(=O)CC[C@@H](CO)NC(=O)c1cccc(CNC(=O)[C@@]23C[C@H]4OC(=O)[C@@H]2N(Cc2ccccc2C=CCc2ccccc2O)O[C@@H]3[C@H]2OC(c3ccccc3)(c3ccccc3)O[C@H]24)c1. The molecule has 3 aliphatic heterocycles. The van der Waals surface area contributed by atoms with Gasteiger partial charge in [-0.3, -0.25) is 24.0 Å². The van der Waals surface area contributed by atoms with Crippen LogP contribution in [0.25, 0.3) is 6.08 Å². The number of nitrogens with zero attached hydrogens (tertiary/aromatic N) is 1. The first-order valence-corrected chi connectivity index (χ1v) is 23.4. The van der Waals surface area contributed by atoms with E-state index >= 15 is 4.79 Å². The minimum Gasteiger partial charge on any atom is -0.508 e. The smallest absolute Gasteiger partial charge is 0.327 e. The van der Waals surface area contributed by atoms with Gasteiger partial charge < -0.3 is 39.8 Å². The number of aliphatic hydroxyl groups is 1. The fraction of sp³-hybridized carbons (Fsp3) is 0.345. The highest BCUT2D eigenvalue weighted by molar-refractivity contribution is 5.95. The van der Waals surface area contributed by atoms with Gasteiger partial charge in [-0.25, -0.2) is 0 Å². The molecule has 1 saturated carbocycles. The third kappa shape index (κ3) is 9.68. The zero-order valence-corrected chi connectivity index (χ0v) is 38.8. The number of phenolic OH excluding ortho intramolecular Hbond substituents is 1. The Morgan fingerprint density at radius 2 is 1.52 bits per heavy atom. The highest BCUT2D eigenvalue weighted by Gasteiger charge is 2.76. The number of nitrogens with one attached hydrogen (secondary N) is 2. The Bertz CT molecular complexity index is 2670. The molecule has 2 amide bonds. The van der Waals surface area contributed by atoms with Gasteiger partial charge in [-0.1, -0.05) is 127 Å². The number of carbonyl (C=O) groups is 4. The summed E-state index contributed by atoms with van der Waals surface area (Å²) in [6.07, 6.45) is 1.10. The van der Waals surface area contributed by atoms with Crippen LogP contribution in [-0.2, 0) is 63.5 Å². The van der Waals surface area contributed by atoms with Gasteiger partial charge in [0, 0.05) is 36.1 Å². The summed E-state index contributed by atoms with van der Waals surface area (Å²) in [5.41, 5.74) is 2.61. The molecule has 0 unspecified atom stereocenters. The molecular weight excluding hydrogens is 879 g/mol. The summed E-state index contributed by atoms with van der Waals surface area (Å²) >= 11 is 0. The van der Waals surface area contributed by atoms with Gasteiger partial charge in [-0.2, -0.15) is 5.06 Å². The quantitative estimate of drug-likeness (QED) is 0.0774. The van der Waals surface area contributed by atoms with E-state index < -0.39 is 77.1 Å². The number of aromatic hydroxyl groups is 1. The van der Waals surface area contributed by atoms with Crippen LogP contribution in [0.1, 0.15) is 83.8 Å². The number of carbonyl (C=O) groups excluding carboxylic acids is 4. The van der Waals surface area contributed by atoms with E-state index in [1.807, 2.05) is 109 Å². The van der Waals surface area contributed by atoms with Crippen molar-refractivity contribution in [2.45, 2.75) is 107 Å². The highest BCUT2D eigenvalue weighted by Crippen LogP contribution is 2.59. The van der Waals surface area contributed by atoms with E-state index in [2.05, 4.69) is 10.6 Å². The number of hydrogen-bond acceptors (Lipinski definition) is 12. The van der Waals surface area contributed by atoms with Gasteiger partial charge in [0.2, 0.25) is 11.7 Å². The van der Waals surface area contributed by atoms with Crippen LogP contribution in [0.2, 0.25) is 0 Å². The topological polar surface area (TPSA) is 182 Å². The molecule has 69 heavy (non-hydrogen) atoms. The molecule has 5 aromatic rings. The Morgan fingerprint density at radius 3 is 2.22 bits per heavy atom. The molecule has 14 heteroatoms. The summed E-state index contributed by atoms with van der Waals surface area (Å²) in [5.74, 6) is -3.19. The Kier molecular flexibility index (Phi) is 13.6. The second-order valence-corrected chi connectivity index (χ2v) is 19.0. The lowest BCUT2D eigenvalue weighted by Crippen LogP contribution is -2.69. The zero-order valence-electron chi connectivity index (χ0n) is 38.8. The molecule has 4 fully saturated rings. The van der Waals surface area contributed by atoms with E-state index in [1.54, 1.807) is 62.2 Å². The maximum atomic E-state index is 15.3. The molecule has 4 aliphatic rings. The molecule has 3 heterocycles. The molecule has 0 spiro atoms. The summed E-state index contributed by atoms with van der Waals surface area (Å²) in [6.45, 7) is 5.04. The molecule has 9 rings (SSSR count). The van der Waals surface area contributed by atoms with Crippen molar-refractivity contribution in [3.63, 3.8) is 0 Å². The number of hydroxylamine groups is 2. The number of rotatable bonds is 16. The maximum Gasteiger partial charge on any atom is 0.327 e. The summed E-state index contributed by atoms with van der Waals surface area (Å²) in [4.78, 5) is 62.6. The van der Waals surface area contributed by atoms with Crippen LogP contribution in [0.15, 0.2) is 140 Å². The lowest BCUT2D eigenvalue weighted by molar-refractivity contribution is -0.213. The van der Waals surface area contributed by atoms with Crippen molar-refractivity contribution in [3.8, 4) is 5.75 Å². The fourth-order valence-corrected chi connectivity index (χ4v) is 10.0. The molecule has 5 aromatic carbocycles. The van der Waals surface area contributed by atoms with Gasteiger partial charge in [0.1, 0.15) is 41.2 Å². The summed E-state index contributed by atoms with van der Waals surface area (Å²) in [6, 6.07) is 38.8. The molecule has 2 bridgehead atoms. The van der Waals surface area contributed by atoms with Crippen LogP contribution in [0, 0.1) is 5.41 Å². The lowest BCUT2D eigenvalue weighted by atomic mass is 9.62. The molecule has 3 saturated heterocycles. The van der Waals surface area contributed by atoms with Gasteiger partial charge >= 0.3 is 11.9 Å². The number of benzene rings is 5. The molecule has 1 aliphatic carbocycles. The number of aliphatic hydroxyl groups excluding tert-OH is 1. The van der Waals surface area contributed by atoms with Crippen molar-refractivity contribution in [3.05, 3.63) is 178 Å². The van der Waals surface area contributed by atoms with Crippen molar-refractivity contribution in [1.82, 2.24) is 15.7 Å². The second kappa shape index (κ2) is 19.7. The number of hydrogen-bond donors (Lipinski definition) is 4. The van der Waals surface area contributed by atoms with Crippen LogP contribution in [0.5, 0.6) is 5.75 Å². The standard InChI is InChI=1S/C55H57N3O11/c1-53(2,3)66-45(61)29-28-42(34-59)57-50(62)38-22-14-16-35(30-38)32-56-52(64)54-31-44-46-47(68-55(67-46,40-23-6-4-7-24-40)41-25-8-5-9-26-41)49(54)69-58(48(54)51(63)65-44)33-39-19-11-10-17-36(39)20-15-21-37-18-12-13-27-43(37)60/h4-20,22-27,30,42,44,46-49,59-60H,21,28-29,31-34H2,1-3H3,(H,56,64)(H,57,62)/t42-,44+,46-,47-,48-,49+,54-/m0/s1. The van der Waals surface area contributed by atoms with Gasteiger partial charge in [0.25, 0.3) is 5.91 Å². The van der Waals surface area contributed by atoms with Gasteiger partial charge in [0.15, 0.2) is 6.04 Å². The van der Waals surface area contributed by atoms with Gasteiger partial charge in [0.05, 0.1) is 19.2 Å². The Balaban J connectivity index is 1.00. The van der Waals surface area contributed by atoms with Crippen molar-refractivity contribution < 1.29 is 53.2 Å². The summed E-state index contributed by atoms with van der Waals surface area (Å²) in [7, 11) is 0. The van der Waals surface area contributed by atoms with Crippen molar-refractivity contribution >= 4 is 29.8 Å². The van der Waals surface area contributed by atoms with E-state index in [4.69, 9.17) is 23.8 Å². The molecule has 7 atom stereocenters. The Labute approximate surface area is 401 Å². The van der Waals surface area contributed by atoms with Crippen LogP contribution in [-0.4, -0.2) is 87.7 Å². The van der Waals surface area contributed by atoms with Crippen LogP contribution < -0.4 is 10.6 Å². The Hall–Kier alpha value is -6.68. The monoisotopic (exact) mass is 935 g/mol.